The Hall–Kier alpha value is -2.07. The third-order valence-electron chi connectivity index (χ3n) is 2.18. The maximum absolute atomic E-state index is 8.70. The molecule has 0 saturated carbocycles. The fourth-order valence-corrected chi connectivity index (χ4v) is 1.35. The summed E-state index contributed by atoms with van der Waals surface area (Å²) < 4.78 is 1.81. The van der Waals surface area contributed by atoms with Crippen molar-refractivity contribution in [2.75, 3.05) is 5.48 Å². The lowest BCUT2D eigenvalue weighted by molar-refractivity contribution is 0.386. The number of fused-ring (bicyclic) bond motifs is 1. The topological polar surface area (TPSA) is 49.6 Å². The van der Waals surface area contributed by atoms with Gasteiger partial charge < -0.3 is 4.40 Å². The van der Waals surface area contributed by atoms with E-state index >= 15 is 0 Å². The molecule has 2 N–H and O–H groups in total. The van der Waals surface area contributed by atoms with Gasteiger partial charge in [-0.05, 0) is 23.3 Å². The van der Waals surface area contributed by atoms with Crippen LogP contribution in [-0.2, 0) is 0 Å². The fraction of sp³-hybridized carbons (Fsp3) is 0. The smallest absolute Gasteiger partial charge is 0.168 e. The molecule has 0 saturated heterocycles. The molecule has 0 unspecified atom stereocenters. The number of nitrogens with zero attached hydrogens (tertiary/aromatic N) is 2. The lowest BCUT2D eigenvalue weighted by Gasteiger charge is -2.00. The molecule has 15 heavy (non-hydrogen) atoms. The number of pyridine rings is 1. The van der Waals surface area contributed by atoms with E-state index in [4.69, 9.17) is 5.21 Å². The van der Waals surface area contributed by atoms with Crippen LogP contribution >= 0.6 is 0 Å². The molecular formula is C11H11N3O. The maximum Gasteiger partial charge on any atom is 0.168 e. The average molecular weight is 201 g/mol. The van der Waals surface area contributed by atoms with Crippen molar-refractivity contribution in [3.05, 3.63) is 49.3 Å². The van der Waals surface area contributed by atoms with E-state index in [1.807, 2.05) is 28.2 Å². The van der Waals surface area contributed by atoms with E-state index in [0.29, 0.717) is 5.82 Å². The third-order valence-corrected chi connectivity index (χ3v) is 2.18. The number of allylic oxidation sites excluding steroid dienone is 2. The van der Waals surface area contributed by atoms with Crippen LogP contribution in [0.4, 0.5) is 5.82 Å². The summed E-state index contributed by atoms with van der Waals surface area (Å²) in [6.45, 7) is 7.52. The van der Waals surface area contributed by atoms with Gasteiger partial charge >= 0.3 is 0 Å². The van der Waals surface area contributed by atoms with Gasteiger partial charge in [0, 0.05) is 6.20 Å². The highest BCUT2D eigenvalue weighted by Crippen LogP contribution is 2.16. The molecule has 0 fully saturated rings. The van der Waals surface area contributed by atoms with E-state index in [2.05, 4.69) is 18.1 Å². The number of rotatable bonds is 3. The Morgan fingerprint density at radius 3 is 2.93 bits per heavy atom. The molecule has 2 rings (SSSR count). The van der Waals surface area contributed by atoms with Gasteiger partial charge in [0.25, 0.3) is 0 Å². The highest BCUT2D eigenvalue weighted by molar-refractivity contribution is 5.71. The fourth-order valence-electron chi connectivity index (χ4n) is 1.35. The van der Waals surface area contributed by atoms with E-state index in [0.717, 1.165) is 16.8 Å². The first-order chi connectivity index (χ1) is 7.24. The molecule has 0 aromatic carbocycles. The van der Waals surface area contributed by atoms with Crippen LogP contribution in [0.3, 0.4) is 0 Å². The van der Waals surface area contributed by atoms with Crippen molar-refractivity contribution in [1.82, 2.24) is 9.38 Å². The predicted octanol–water partition coefficient (Wildman–Crippen LogP) is 2.33. The molecule has 0 atom stereocenters. The quantitative estimate of drug-likeness (QED) is 0.592. The third kappa shape index (κ3) is 1.62. The molecule has 0 aliphatic rings. The van der Waals surface area contributed by atoms with E-state index in [9.17, 15) is 0 Å². The highest BCUT2D eigenvalue weighted by Gasteiger charge is 2.01. The molecule has 2 aromatic rings. The van der Waals surface area contributed by atoms with Crippen LogP contribution < -0.4 is 5.48 Å². The molecule has 4 nitrogen and oxygen atoms in total. The van der Waals surface area contributed by atoms with Crippen molar-refractivity contribution in [3.63, 3.8) is 0 Å². The normalized spacial score (nSPS) is 10.2. The Labute approximate surface area is 87.1 Å². The SMILES string of the molecule is C=CC(=C)c1ccc2nc(NO)cn2c1. The van der Waals surface area contributed by atoms with Crippen LogP contribution in [0.2, 0.25) is 0 Å². The zero-order chi connectivity index (χ0) is 10.8. The summed E-state index contributed by atoms with van der Waals surface area (Å²) in [5, 5.41) is 8.70. The second-order valence-corrected chi connectivity index (χ2v) is 3.15. The molecule has 4 heteroatoms. The summed E-state index contributed by atoms with van der Waals surface area (Å²) in [4.78, 5) is 4.10. The molecule has 2 heterocycles. The van der Waals surface area contributed by atoms with E-state index < -0.39 is 0 Å². The first-order valence-corrected chi connectivity index (χ1v) is 4.45. The van der Waals surface area contributed by atoms with Gasteiger partial charge in [-0.2, -0.15) is 0 Å². The molecule has 0 aliphatic heterocycles. The summed E-state index contributed by atoms with van der Waals surface area (Å²) >= 11 is 0. The summed E-state index contributed by atoms with van der Waals surface area (Å²) in [5.41, 5.74) is 4.58. The summed E-state index contributed by atoms with van der Waals surface area (Å²) in [6, 6.07) is 3.76. The minimum atomic E-state index is 0.413. The first kappa shape index (κ1) is 9.48. The van der Waals surface area contributed by atoms with E-state index in [1.165, 1.54) is 0 Å². The Kier molecular flexibility index (Phi) is 2.27. The maximum atomic E-state index is 8.70. The molecule has 0 spiro atoms. The van der Waals surface area contributed by atoms with Gasteiger partial charge in [0.1, 0.15) is 5.65 Å². The van der Waals surface area contributed by atoms with Crippen LogP contribution in [0.25, 0.3) is 11.2 Å². The molecule has 2 aromatic heterocycles. The molecule has 0 bridgehead atoms. The van der Waals surface area contributed by atoms with Crippen LogP contribution in [0.15, 0.2) is 43.8 Å². The highest BCUT2D eigenvalue weighted by atomic mass is 16.5. The number of hydrogen-bond acceptors (Lipinski definition) is 3. The van der Waals surface area contributed by atoms with Crippen molar-refractivity contribution in [2.45, 2.75) is 0 Å². The van der Waals surface area contributed by atoms with Crippen molar-refractivity contribution >= 4 is 17.0 Å². The van der Waals surface area contributed by atoms with Gasteiger partial charge in [-0.1, -0.05) is 19.2 Å². The number of aromatic nitrogens is 2. The molecule has 0 aliphatic carbocycles. The van der Waals surface area contributed by atoms with E-state index in [1.54, 1.807) is 12.3 Å². The van der Waals surface area contributed by atoms with Crippen molar-refractivity contribution in [1.29, 1.82) is 0 Å². The molecule has 0 radical (unpaired) electrons. The lowest BCUT2D eigenvalue weighted by Crippen LogP contribution is -1.87. The van der Waals surface area contributed by atoms with Gasteiger partial charge in [0.05, 0.1) is 6.20 Å². The Morgan fingerprint density at radius 2 is 2.27 bits per heavy atom. The molecule has 76 valence electrons. The number of anilines is 1. The molecule has 0 amide bonds. The van der Waals surface area contributed by atoms with Gasteiger partial charge in [-0.25, -0.2) is 4.98 Å². The van der Waals surface area contributed by atoms with Crippen molar-refractivity contribution < 1.29 is 5.21 Å². The van der Waals surface area contributed by atoms with Crippen LogP contribution in [-0.4, -0.2) is 14.6 Å². The monoisotopic (exact) mass is 201 g/mol. The standard InChI is InChI=1S/C11H11N3O/c1-3-8(2)9-4-5-11-12-10(13-15)7-14(11)6-9/h3-7,13,15H,1-2H2. The summed E-state index contributed by atoms with van der Waals surface area (Å²) in [7, 11) is 0. The Bertz CT molecular complexity index is 528. The lowest BCUT2D eigenvalue weighted by atomic mass is 10.1. The van der Waals surface area contributed by atoms with Crippen LogP contribution in [0.5, 0.6) is 0 Å². The van der Waals surface area contributed by atoms with Crippen molar-refractivity contribution in [2.24, 2.45) is 0 Å². The minimum absolute atomic E-state index is 0.413. The largest absolute Gasteiger partial charge is 0.304 e. The Morgan fingerprint density at radius 1 is 1.47 bits per heavy atom. The summed E-state index contributed by atoms with van der Waals surface area (Å²) in [6.07, 6.45) is 5.27. The minimum Gasteiger partial charge on any atom is -0.304 e. The number of imidazole rings is 1. The number of hydrogen-bond donors (Lipinski definition) is 2. The molecular weight excluding hydrogens is 190 g/mol. The number of nitrogens with one attached hydrogen (secondary N) is 1. The van der Waals surface area contributed by atoms with Crippen molar-refractivity contribution in [3.8, 4) is 0 Å². The van der Waals surface area contributed by atoms with Gasteiger partial charge in [-0.3, -0.25) is 10.7 Å². The average Bonchev–Trinajstić information content (AvgIpc) is 2.69. The second kappa shape index (κ2) is 3.59. The van der Waals surface area contributed by atoms with Crippen LogP contribution in [0.1, 0.15) is 5.56 Å². The Balaban J connectivity index is 2.55. The zero-order valence-electron chi connectivity index (χ0n) is 8.14. The summed E-state index contributed by atoms with van der Waals surface area (Å²) in [5.74, 6) is 0.413. The van der Waals surface area contributed by atoms with Crippen LogP contribution in [0, 0.1) is 0 Å². The van der Waals surface area contributed by atoms with E-state index in [-0.39, 0.29) is 0 Å². The second-order valence-electron chi connectivity index (χ2n) is 3.15. The van der Waals surface area contributed by atoms with Gasteiger partial charge in [0.15, 0.2) is 5.82 Å². The van der Waals surface area contributed by atoms with Gasteiger partial charge in [0.2, 0.25) is 0 Å². The van der Waals surface area contributed by atoms with Gasteiger partial charge in [-0.15, -0.1) is 0 Å². The zero-order valence-corrected chi connectivity index (χ0v) is 8.14. The predicted molar refractivity (Wildman–Crippen MR) is 59.8 cm³/mol. The first-order valence-electron chi connectivity index (χ1n) is 4.45.